The van der Waals surface area contributed by atoms with Crippen LogP contribution in [0.2, 0.25) is 0 Å². The van der Waals surface area contributed by atoms with Gasteiger partial charge in [0.25, 0.3) is 0 Å². The number of para-hydroxylation sites is 1. The summed E-state index contributed by atoms with van der Waals surface area (Å²) in [5, 5.41) is 1.14. The molecule has 1 heterocycles. The fraction of sp³-hybridized carbons (Fsp3) is 0.500. The Morgan fingerprint density at radius 2 is 1.76 bits per heavy atom. The average Bonchev–Trinajstić information content (AvgIpc) is 2.87. The number of hydrogen-bond acceptors (Lipinski definition) is 5. The van der Waals surface area contributed by atoms with Crippen molar-refractivity contribution in [2.45, 2.75) is 13.1 Å². The van der Waals surface area contributed by atoms with Crippen molar-refractivity contribution in [2.24, 2.45) is 5.73 Å². The zero-order valence-corrected chi connectivity index (χ0v) is 12.8. The van der Waals surface area contributed by atoms with Crippen LogP contribution >= 0.6 is 0 Å². The lowest BCUT2D eigenvalue weighted by Crippen LogP contribution is -2.30. The first-order chi connectivity index (χ1) is 10.3. The molecule has 0 unspecified atom stereocenters. The molecular weight excluding hydrogens is 268 g/mol. The average molecular weight is 292 g/mol. The normalized spacial score (nSPS) is 11.6. The summed E-state index contributed by atoms with van der Waals surface area (Å²) >= 11 is 0. The molecule has 0 radical (unpaired) electrons. The second-order valence-corrected chi connectivity index (χ2v) is 4.97. The van der Waals surface area contributed by atoms with Gasteiger partial charge in [-0.3, -0.25) is 4.90 Å². The van der Waals surface area contributed by atoms with Gasteiger partial charge in [0.05, 0.1) is 19.8 Å². The first-order valence-corrected chi connectivity index (χ1v) is 7.19. The molecule has 116 valence electrons. The van der Waals surface area contributed by atoms with Crippen LogP contribution < -0.4 is 5.73 Å². The van der Waals surface area contributed by atoms with E-state index in [0.717, 1.165) is 36.4 Å². The topological polar surface area (TPSA) is 60.9 Å². The van der Waals surface area contributed by atoms with Gasteiger partial charge in [-0.15, -0.1) is 0 Å². The van der Waals surface area contributed by atoms with Gasteiger partial charge in [-0.1, -0.05) is 18.2 Å². The van der Waals surface area contributed by atoms with Gasteiger partial charge in [0.1, 0.15) is 11.3 Å². The third-order valence-corrected chi connectivity index (χ3v) is 3.57. The lowest BCUT2D eigenvalue weighted by molar-refractivity contribution is 0.110. The number of nitrogens with zero attached hydrogens (tertiary/aromatic N) is 1. The number of methoxy groups -OCH3 is 2. The number of ether oxygens (including phenoxy) is 2. The molecule has 0 aliphatic carbocycles. The molecule has 0 aliphatic heterocycles. The molecule has 0 spiro atoms. The van der Waals surface area contributed by atoms with E-state index in [1.54, 1.807) is 14.2 Å². The summed E-state index contributed by atoms with van der Waals surface area (Å²) in [6.45, 7) is 4.28. The maximum Gasteiger partial charge on any atom is 0.134 e. The van der Waals surface area contributed by atoms with Crippen LogP contribution in [0.5, 0.6) is 0 Å². The van der Waals surface area contributed by atoms with Gasteiger partial charge in [-0.2, -0.15) is 0 Å². The molecule has 1 aromatic carbocycles. The highest BCUT2D eigenvalue weighted by Crippen LogP contribution is 2.26. The minimum absolute atomic E-state index is 0.409. The Labute approximate surface area is 125 Å². The molecule has 2 rings (SSSR count). The number of furan rings is 1. The van der Waals surface area contributed by atoms with Gasteiger partial charge in [0.15, 0.2) is 0 Å². The predicted molar refractivity (Wildman–Crippen MR) is 83.1 cm³/mol. The molecule has 2 N–H and O–H groups in total. The number of fused-ring (bicyclic) bond motifs is 1. The van der Waals surface area contributed by atoms with Gasteiger partial charge in [-0.05, 0) is 6.07 Å². The Morgan fingerprint density at radius 3 is 2.38 bits per heavy atom. The van der Waals surface area contributed by atoms with Gasteiger partial charge in [0, 0.05) is 44.8 Å². The molecule has 21 heavy (non-hydrogen) atoms. The second kappa shape index (κ2) is 8.14. The maximum absolute atomic E-state index is 5.84. The van der Waals surface area contributed by atoms with Crippen molar-refractivity contribution >= 4 is 11.0 Å². The third-order valence-electron chi connectivity index (χ3n) is 3.57. The molecule has 0 fully saturated rings. The minimum atomic E-state index is 0.409. The van der Waals surface area contributed by atoms with Crippen molar-refractivity contribution in [1.29, 1.82) is 0 Å². The summed E-state index contributed by atoms with van der Waals surface area (Å²) in [5.74, 6) is 0.857. The lowest BCUT2D eigenvalue weighted by atomic mass is 10.1. The largest absolute Gasteiger partial charge is 0.459 e. The molecule has 5 nitrogen and oxygen atoms in total. The molecular formula is C16H24N2O3. The monoisotopic (exact) mass is 292 g/mol. The first kappa shape index (κ1) is 16.0. The molecule has 2 aromatic rings. The summed E-state index contributed by atoms with van der Waals surface area (Å²) < 4.78 is 16.2. The molecule has 0 aliphatic rings. The highest BCUT2D eigenvalue weighted by molar-refractivity contribution is 5.82. The smallest absolute Gasteiger partial charge is 0.134 e. The van der Waals surface area contributed by atoms with Crippen LogP contribution in [0.4, 0.5) is 0 Å². The molecule has 0 saturated heterocycles. The Balaban J connectivity index is 2.21. The van der Waals surface area contributed by atoms with E-state index in [-0.39, 0.29) is 0 Å². The SMILES string of the molecule is COCCN(CCOC)Cc1c(CN)oc2ccccc12. The van der Waals surface area contributed by atoms with Crippen molar-refractivity contribution in [1.82, 2.24) is 4.90 Å². The van der Waals surface area contributed by atoms with Gasteiger partial charge < -0.3 is 19.6 Å². The molecule has 5 heteroatoms. The highest BCUT2D eigenvalue weighted by atomic mass is 16.5. The Kier molecular flexibility index (Phi) is 6.20. The zero-order valence-electron chi connectivity index (χ0n) is 12.8. The summed E-state index contributed by atoms with van der Waals surface area (Å²) in [6, 6.07) is 8.06. The molecule has 0 saturated carbocycles. The van der Waals surface area contributed by atoms with E-state index in [1.165, 1.54) is 5.56 Å². The Morgan fingerprint density at radius 1 is 1.10 bits per heavy atom. The molecule has 0 atom stereocenters. The van der Waals surface area contributed by atoms with Gasteiger partial charge >= 0.3 is 0 Å². The van der Waals surface area contributed by atoms with E-state index in [2.05, 4.69) is 11.0 Å². The quantitative estimate of drug-likeness (QED) is 0.766. The standard InChI is InChI=1S/C16H24N2O3/c1-19-9-7-18(8-10-20-2)12-14-13-5-3-4-6-15(13)21-16(14)11-17/h3-6H,7-12,17H2,1-2H3. The van der Waals surface area contributed by atoms with Crippen LogP contribution in [0.1, 0.15) is 11.3 Å². The molecule has 0 amide bonds. The van der Waals surface area contributed by atoms with Crippen molar-refractivity contribution < 1.29 is 13.9 Å². The first-order valence-electron chi connectivity index (χ1n) is 7.19. The van der Waals surface area contributed by atoms with E-state index in [4.69, 9.17) is 19.6 Å². The van der Waals surface area contributed by atoms with E-state index in [1.807, 2.05) is 18.2 Å². The predicted octanol–water partition coefficient (Wildman–Crippen LogP) is 1.99. The third kappa shape index (κ3) is 4.04. The number of rotatable bonds is 9. The fourth-order valence-electron chi connectivity index (χ4n) is 2.42. The second-order valence-electron chi connectivity index (χ2n) is 4.97. The summed E-state index contributed by atoms with van der Waals surface area (Å²) in [4.78, 5) is 2.30. The van der Waals surface area contributed by atoms with E-state index < -0.39 is 0 Å². The highest BCUT2D eigenvalue weighted by Gasteiger charge is 2.16. The van der Waals surface area contributed by atoms with Crippen molar-refractivity contribution in [2.75, 3.05) is 40.5 Å². The Hall–Kier alpha value is -1.40. The van der Waals surface area contributed by atoms with Gasteiger partial charge in [-0.25, -0.2) is 0 Å². The number of nitrogens with two attached hydrogens (primary N) is 1. The van der Waals surface area contributed by atoms with E-state index in [9.17, 15) is 0 Å². The van der Waals surface area contributed by atoms with Crippen LogP contribution in [-0.2, 0) is 22.6 Å². The van der Waals surface area contributed by atoms with E-state index >= 15 is 0 Å². The molecule has 0 bridgehead atoms. The Bertz CT molecular complexity index is 545. The number of hydrogen-bond donors (Lipinski definition) is 1. The van der Waals surface area contributed by atoms with Crippen LogP contribution in [0.25, 0.3) is 11.0 Å². The summed E-state index contributed by atoms with van der Waals surface area (Å²) in [6.07, 6.45) is 0. The van der Waals surface area contributed by atoms with Crippen molar-refractivity contribution in [3.05, 3.63) is 35.6 Å². The van der Waals surface area contributed by atoms with Crippen LogP contribution in [0.3, 0.4) is 0 Å². The number of benzene rings is 1. The summed E-state index contributed by atoms with van der Waals surface area (Å²) in [7, 11) is 3.43. The summed E-state index contributed by atoms with van der Waals surface area (Å²) in [5.41, 5.74) is 7.89. The van der Waals surface area contributed by atoms with Crippen LogP contribution in [0.15, 0.2) is 28.7 Å². The van der Waals surface area contributed by atoms with Crippen LogP contribution in [-0.4, -0.2) is 45.4 Å². The van der Waals surface area contributed by atoms with Crippen LogP contribution in [0, 0.1) is 0 Å². The van der Waals surface area contributed by atoms with Crippen molar-refractivity contribution in [3.63, 3.8) is 0 Å². The minimum Gasteiger partial charge on any atom is -0.459 e. The molecule has 1 aromatic heterocycles. The maximum atomic E-state index is 5.84. The lowest BCUT2D eigenvalue weighted by Gasteiger charge is -2.21. The van der Waals surface area contributed by atoms with E-state index in [0.29, 0.717) is 19.8 Å². The van der Waals surface area contributed by atoms with Crippen molar-refractivity contribution in [3.8, 4) is 0 Å². The zero-order chi connectivity index (χ0) is 15.1. The van der Waals surface area contributed by atoms with Gasteiger partial charge in [0.2, 0.25) is 0 Å². The fourth-order valence-corrected chi connectivity index (χ4v) is 2.42.